The Kier molecular flexibility index (Phi) is 5.08. The average Bonchev–Trinajstić information content (AvgIpc) is 2.38. The molecular weight excluding hydrogens is 244 g/mol. The first kappa shape index (κ1) is 13.4. The minimum Gasteiger partial charge on any atom is -0.326 e. The van der Waals surface area contributed by atoms with E-state index in [1.807, 2.05) is 30.0 Å². The van der Waals surface area contributed by atoms with E-state index in [0.717, 1.165) is 17.8 Å². The normalized spacial score (nSPS) is 19.5. The molecule has 1 unspecified atom stereocenters. The van der Waals surface area contributed by atoms with E-state index < -0.39 is 0 Å². The lowest BCUT2D eigenvalue weighted by molar-refractivity contribution is -0.114. The van der Waals surface area contributed by atoms with Crippen molar-refractivity contribution in [3.8, 4) is 0 Å². The van der Waals surface area contributed by atoms with Crippen molar-refractivity contribution in [1.29, 1.82) is 0 Å². The van der Waals surface area contributed by atoms with Crippen LogP contribution in [0.2, 0.25) is 0 Å². The van der Waals surface area contributed by atoms with Crippen LogP contribution in [0.1, 0.15) is 25.3 Å². The van der Waals surface area contributed by atoms with Gasteiger partial charge in [-0.1, -0.05) is 18.2 Å². The zero-order valence-corrected chi connectivity index (χ0v) is 11.6. The first-order valence-corrected chi connectivity index (χ1v) is 7.58. The highest BCUT2D eigenvalue weighted by Crippen LogP contribution is 2.19. The Morgan fingerprint density at radius 2 is 2.28 bits per heavy atom. The number of anilines is 1. The van der Waals surface area contributed by atoms with Gasteiger partial charge >= 0.3 is 0 Å². The van der Waals surface area contributed by atoms with Gasteiger partial charge in [-0.3, -0.25) is 4.79 Å². The summed E-state index contributed by atoms with van der Waals surface area (Å²) in [5.74, 6) is 2.47. The number of nitrogens with one attached hydrogen (secondary N) is 2. The third-order valence-electron chi connectivity index (χ3n) is 3.07. The van der Waals surface area contributed by atoms with Crippen molar-refractivity contribution >= 4 is 23.4 Å². The topological polar surface area (TPSA) is 41.1 Å². The molecule has 1 amide bonds. The first-order chi connectivity index (χ1) is 8.75. The highest BCUT2D eigenvalue weighted by Gasteiger charge is 2.13. The summed E-state index contributed by atoms with van der Waals surface area (Å²) >= 11 is 2.02. The maximum atomic E-state index is 11.1. The van der Waals surface area contributed by atoms with Crippen LogP contribution in [-0.2, 0) is 11.3 Å². The zero-order chi connectivity index (χ0) is 12.8. The van der Waals surface area contributed by atoms with Crippen LogP contribution in [-0.4, -0.2) is 23.5 Å². The van der Waals surface area contributed by atoms with E-state index in [4.69, 9.17) is 0 Å². The summed E-state index contributed by atoms with van der Waals surface area (Å²) in [5, 5.41) is 6.46. The molecular formula is C14H20N2OS. The quantitative estimate of drug-likeness (QED) is 0.878. The SMILES string of the molecule is CC(=O)Nc1ccccc1CNC1CCCSC1. The molecule has 0 radical (unpaired) electrons. The number of thioether (sulfide) groups is 1. The van der Waals surface area contributed by atoms with Gasteiger partial charge in [-0.25, -0.2) is 0 Å². The number of carbonyl (C=O) groups excluding carboxylic acids is 1. The van der Waals surface area contributed by atoms with Crippen LogP contribution in [0.15, 0.2) is 24.3 Å². The molecule has 1 aromatic rings. The number of rotatable bonds is 4. The molecule has 4 heteroatoms. The summed E-state index contributed by atoms with van der Waals surface area (Å²) in [6.45, 7) is 2.36. The standard InChI is InChI=1S/C14H20N2OS/c1-11(17)16-14-7-3-2-5-12(14)9-15-13-6-4-8-18-10-13/h2-3,5,7,13,15H,4,6,8-10H2,1H3,(H,16,17). The summed E-state index contributed by atoms with van der Waals surface area (Å²) in [5.41, 5.74) is 2.07. The Bertz CT molecular complexity index is 403. The molecule has 1 fully saturated rings. The van der Waals surface area contributed by atoms with Crippen molar-refractivity contribution in [3.05, 3.63) is 29.8 Å². The van der Waals surface area contributed by atoms with Crippen molar-refractivity contribution in [2.45, 2.75) is 32.4 Å². The van der Waals surface area contributed by atoms with Crippen LogP contribution in [0.4, 0.5) is 5.69 Å². The number of amides is 1. The molecule has 18 heavy (non-hydrogen) atoms. The Hall–Kier alpha value is -1.00. The molecule has 1 aliphatic heterocycles. The van der Waals surface area contributed by atoms with Gasteiger partial charge in [-0.15, -0.1) is 0 Å². The molecule has 1 saturated heterocycles. The van der Waals surface area contributed by atoms with Gasteiger partial charge in [-0.2, -0.15) is 11.8 Å². The second-order valence-corrected chi connectivity index (χ2v) is 5.78. The van der Waals surface area contributed by atoms with Gasteiger partial charge in [0.05, 0.1) is 0 Å². The fourth-order valence-corrected chi connectivity index (χ4v) is 3.25. The molecule has 0 aliphatic carbocycles. The lowest BCUT2D eigenvalue weighted by atomic mass is 10.1. The number of benzene rings is 1. The lowest BCUT2D eigenvalue weighted by Crippen LogP contribution is -2.33. The van der Waals surface area contributed by atoms with E-state index in [9.17, 15) is 4.79 Å². The van der Waals surface area contributed by atoms with Gasteiger partial charge in [0.2, 0.25) is 5.91 Å². The molecule has 0 saturated carbocycles. The third-order valence-corrected chi connectivity index (χ3v) is 4.28. The minimum atomic E-state index is -0.0179. The molecule has 1 heterocycles. The molecule has 2 N–H and O–H groups in total. The van der Waals surface area contributed by atoms with Crippen molar-refractivity contribution in [3.63, 3.8) is 0 Å². The molecule has 3 nitrogen and oxygen atoms in total. The Balaban J connectivity index is 1.93. The van der Waals surface area contributed by atoms with Crippen LogP contribution < -0.4 is 10.6 Å². The highest BCUT2D eigenvalue weighted by atomic mass is 32.2. The van der Waals surface area contributed by atoms with Crippen molar-refractivity contribution < 1.29 is 4.79 Å². The van der Waals surface area contributed by atoms with Gasteiger partial charge in [0, 0.05) is 31.0 Å². The summed E-state index contributed by atoms with van der Waals surface area (Å²) in [4.78, 5) is 11.1. The third kappa shape index (κ3) is 4.03. The van der Waals surface area contributed by atoms with Crippen molar-refractivity contribution in [2.75, 3.05) is 16.8 Å². The van der Waals surface area contributed by atoms with E-state index >= 15 is 0 Å². The summed E-state index contributed by atoms with van der Waals surface area (Å²) in [6.07, 6.45) is 2.56. The van der Waals surface area contributed by atoms with Gasteiger partial charge in [-0.05, 0) is 30.2 Å². The largest absolute Gasteiger partial charge is 0.326 e. The van der Waals surface area contributed by atoms with E-state index in [0.29, 0.717) is 6.04 Å². The number of carbonyl (C=O) groups is 1. The van der Waals surface area contributed by atoms with E-state index in [2.05, 4.69) is 16.7 Å². The lowest BCUT2D eigenvalue weighted by Gasteiger charge is -2.23. The summed E-state index contributed by atoms with van der Waals surface area (Å²) in [7, 11) is 0. The van der Waals surface area contributed by atoms with Gasteiger partial charge in [0.1, 0.15) is 0 Å². The van der Waals surface area contributed by atoms with E-state index in [-0.39, 0.29) is 5.91 Å². The second kappa shape index (κ2) is 6.81. The molecule has 0 spiro atoms. The first-order valence-electron chi connectivity index (χ1n) is 6.42. The fourth-order valence-electron chi connectivity index (χ4n) is 2.14. The molecule has 98 valence electrons. The molecule has 1 aliphatic rings. The molecule has 2 rings (SSSR count). The predicted octanol–water partition coefficient (Wildman–Crippen LogP) is 2.63. The molecule has 0 bridgehead atoms. The van der Waals surface area contributed by atoms with E-state index in [1.165, 1.54) is 24.3 Å². The van der Waals surface area contributed by atoms with Gasteiger partial charge in [0.25, 0.3) is 0 Å². The van der Waals surface area contributed by atoms with Gasteiger partial charge < -0.3 is 10.6 Å². The van der Waals surface area contributed by atoms with Crippen LogP contribution >= 0.6 is 11.8 Å². The number of para-hydroxylation sites is 1. The molecule has 1 aromatic carbocycles. The average molecular weight is 264 g/mol. The monoisotopic (exact) mass is 264 g/mol. The number of hydrogen-bond acceptors (Lipinski definition) is 3. The summed E-state index contributed by atoms with van der Waals surface area (Å²) < 4.78 is 0. The van der Waals surface area contributed by atoms with Gasteiger partial charge in [0.15, 0.2) is 0 Å². The van der Waals surface area contributed by atoms with Crippen LogP contribution in [0, 0.1) is 0 Å². The van der Waals surface area contributed by atoms with Crippen molar-refractivity contribution in [2.24, 2.45) is 0 Å². The Morgan fingerprint density at radius 1 is 1.44 bits per heavy atom. The van der Waals surface area contributed by atoms with Crippen LogP contribution in [0.3, 0.4) is 0 Å². The minimum absolute atomic E-state index is 0.0179. The maximum Gasteiger partial charge on any atom is 0.221 e. The predicted molar refractivity (Wildman–Crippen MR) is 77.9 cm³/mol. The summed E-state index contributed by atoms with van der Waals surface area (Å²) in [6, 6.07) is 8.58. The zero-order valence-electron chi connectivity index (χ0n) is 10.7. The van der Waals surface area contributed by atoms with E-state index in [1.54, 1.807) is 6.92 Å². The van der Waals surface area contributed by atoms with Crippen LogP contribution in [0.5, 0.6) is 0 Å². The fraction of sp³-hybridized carbons (Fsp3) is 0.500. The number of hydrogen-bond donors (Lipinski definition) is 2. The second-order valence-electron chi connectivity index (χ2n) is 4.63. The maximum absolute atomic E-state index is 11.1. The molecule has 0 aromatic heterocycles. The Morgan fingerprint density at radius 3 is 3.00 bits per heavy atom. The molecule has 1 atom stereocenters. The Labute approximate surface area is 113 Å². The smallest absolute Gasteiger partial charge is 0.221 e. The van der Waals surface area contributed by atoms with Crippen molar-refractivity contribution in [1.82, 2.24) is 5.32 Å². The highest BCUT2D eigenvalue weighted by molar-refractivity contribution is 7.99. The van der Waals surface area contributed by atoms with Crippen LogP contribution in [0.25, 0.3) is 0 Å².